The van der Waals surface area contributed by atoms with Gasteiger partial charge in [-0.3, -0.25) is 4.79 Å². The maximum atomic E-state index is 12.1. The molecule has 0 heterocycles. The van der Waals surface area contributed by atoms with Gasteiger partial charge in [-0.25, -0.2) is 0 Å². The van der Waals surface area contributed by atoms with Crippen molar-refractivity contribution in [1.82, 2.24) is 0 Å². The summed E-state index contributed by atoms with van der Waals surface area (Å²) in [7, 11) is 0. The molecule has 0 bridgehead atoms. The molecule has 0 N–H and O–H groups in total. The molecule has 0 aliphatic rings. The van der Waals surface area contributed by atoms with Crippen LogP contribution in [0.25, 0.3) is 0 Å². The van der Waals surface area contributed by atoms with Crippen LogP contribution in [0.15, 0.2) is 48.5 Å². The Hall–Kier alpha value is -1.89. The van der Waals surface area contributed by atoms with Gasteiger partial charge in [-0.1, -0.05) is 42.5 Å². The van der Waals surface area contributed by atoms with E-state index in [9.17, 15) is 4.79 Å². The van der Waals surface area contributed by atoms with E-state index < -0.39 is 0 Å². The van der Waals surface area contributed by atoms with Crippen molar-refractivity contribution in [2.75, 3.05) is 0 Å². The van der Waals surface area contributed by atoms with Crippen LogP contribution in [-0.4, -0.2) is 5.78 Å². The number of hydrogen-bond acceptors (Lipinski definition) is 1. The first-order chi connectivity index (χ1) is 9.16. The van der Waals surface area contributed by atoms with Crippen LogP contribution in [0.3, 0.4) is 0 Å². The smallest absolute Gasteiger partial charge is 0.162 e. The number of carbonyl (C=O) groups excluding carboxylic acids is 1. The summed E-state index contributed by atoms with van der Waals surface area (Å²) in [5, 5.41) is 0. The number of Topliss-reactive ketones (excluding diaryl/α,β-unsaturated/α-hetero) is 1. The molecule has 2 rings (SSSR count). The second kappa shape index (κ2) is 6.33. The minimum Gasteiger partial charge on any atom is -0.294 e. The highest BCUT2D eigenvalue weighted by Crippen LogP contribution is 2.13. The Kier molecular flexibility index (Phi) is 4.51. The monoisotopic (exact) mass is 252 g/mol. The molecule has 2 aromatic rings. The van der Waals surface area contributed by atoms with Gasteiger partial charge < -0.3 is 0 Å². The van der Waals surface area contributed by atoms with E-state index in [2.05, 4.69) is 26.0 Å². The SMILES string of the molecule is Cc1ccc(C(=O)CCCc2ccccc2)cc1C. The molecule has 0 saturated carbocycles. The molecule has 1 nitrogen and oxygen atoms in total. The summed E-state index contributed by atoms with van der Waals surface area (Å²) in [4.78, 5) is 12.1. The van der Waals surface area contributed by atoms with E-state index in [0.29, 0.717) is 6.42 Å². The first-order valence-corrected chi connectivity index (χ1v) is 6.81. The van der Waals surface area contributed by atoms with Gasteiger partial charge in [-0.2, -0.15) is 0 Å². The Morgan fingerprint density at radius 3 is 2.37 bits per heavy atom. The second-order valence-electron chi connectivity index (χ2n) is 5.06. The Balaban J connectivity index is 1.89. The third-order valence-corrected chi connectivity index (χ3v) is 3.54. The van der Waals surface area contributed by atoms with Gasteiger partial charge in [-0.05, 0) is 49.4 Å². The lowest BCUT2D eigenvalue weighted by Gasteiger charge is -2.05. The number of carbonyl (C=O) groups is 1. The van der Waals surface area contributed by atoms with Crippen molar-refractivity contribution in [3.05, 3.63) is 70.8 Å². The summed E-state index contributed by atoms with van der Waals surface area (Å²) in [6, 6.07) is 16.3. The van der Waals surface area contributed by atoms with Gasteiger partial charge >= 0.3 is 0 Å². The normalized spacial score (nSPS) is 10.4. The molecule has 0 fully saturated rings. The van der Waals surface area contributed by atoms with Crippen LogP contribution in [0.1, 0.15) is 39.9 Å². The van der Waals surface area contributed by atoms with Crippen molar-refractivity contribution < 1.29 is 4.79 Å². The molecule has 0 radical (unpaired) electrons. The lowest BCUT2D eigenvalue weighted by Crippen LogP contribution is -2.01. The van der Waals surface area contributed by atoms with Crippen LogP contribution in [0.2, 0.25) is 0 Å². The molecule has 0 atom stereocenters. The molecule has 98 valence electrons. The van der Waals surface area contributed by atoms with E-state index in [-0.39, 0.29) is 5.78 Å². The highest BCUT2D eigenvalue weighted by molar-refractivity contribution is 5.96. The molecule has 0 unspecified atom stereocenters. The lowest BCUT2D eigenvalue weighted by atomic mass is 9.99. The standard InChI is InChI=1S/C18H20O/c1-14-11-12-17(13-15(14)2)18(19)10-6-9-16-7-4-3-5-8-16/h3-5,7-8,11-13H,6,9-10H2,1-2H3. The van der Waals surface area contributed by atoms with E-state index in [1.165, 1.54) is 16.7 Å². The fraction of sp³-hybridized carbons (Fsp3) is 0.278. The summed E-state index contributed by atoms with van der Waals surface area (Å²) in [5.41, 5.74) is 4.57. The molecular weight excluding hydrogens is 232 g/mol. The van der Waals surface area contributed by atoms with Crippen molar-refractivity contribution in [2.24, 2.45) is 0 Å². The topological polar surface area (TPSA) is 17.1 Å². The molecule has 0 saturated heterocycles. The van der Waals surface area contributed by atoms with Crippen LogP contribution >= 0.6 is 0 Å². The molecule has 0 aliphatic heterocycles. The Bertz CT molecular complexity index is 555. The molecule has 19 heavy (non-hydrogen) atoms. The van der Waals surface area contributed by atoms with E-state index >= 15 is 0 Å². The van der Waals surface area contributed by atoms with E-state index in [1.54, 1.807) is 0 Å². The average molecular weight is 252 g/mol. The van der Waals surface area contributed by atoms with Gasteiger partial charge in [0.2, 0.25) is 0 Å². The third kappa shape index (κ3) is 3.78. The van der Waals surface area contributed by atoms with Crippen molar-refractivity contribution in [1.29, 1.82) is 0 Å². The molecule has 0 aliphatic carbocycles. The molecule has 0 aromatic heterocycles. The summed E-state index contributed by atoms with van der Waals surface area (Å²) in [6.07, 6.45) is 2.50. The Morgan fingerprint density at radius 2 is 1.68 bits per heavy atom. The highest BCUT2D eigenvalue weighted by atomic mass is 16.1. The van der Waals surface area contributed by atoms with Crippen molar-refractivity contribution >= 4 is 5.78 Å². The minimum absolute atomic E-state index is 0.249. The van der Waals surface area contributed by atoms with Gasteiger partial charge in [0.15, 0.2) is 5.78 Å². The predicted octanol–water partition coefficient (Wildman–Crippen LogP) is 4.51. The van der Waals surface area contributed by atoms with Gasteiger partial charge in [0.05, 0.1) is 0 Å². The van der Waals surface area contributed by atoms with Crippen molar-refractivity contribution in [3.8, 4) is 0 Å². The summed E-state index contributed by atoms with van der Waals surface area (Å²) in [5.74, 6) is 0.249. The molecule has 1 heteroatoms. The number of rotatable bonds is 5. The summed E-state index contributed by atoms with van der Waals surface area (Å²) < 4.78 is 0. The third-order valence-electron chi connectivity index (χ3n) is 3.54. The van der Waals surface area contributed by atoms with Crippen molar-refractivity contribution in [2.45, 2.75) is 33.1 Å². The van der Waals surface area contributed by atoms with Gasteiger partial charge in [0, 0.05) is 12.0 Å². The number of benzene rings is 2. The highest BCUT2D eigenvalue weighted by Gasteiger charge is 2.06. The zero-order chi connectivity index (χ0) is 13.7. The van der Waals surface area contributed by atoms with Crippen LogP contribution in [0.4, 0.5) is 0 Å². The predicted molar refractivity (Wildman–Crippen MR) is 79.6 cm³/mol. The van der Waals surface area contributed by atoms with Crippen molar-refractivity contribution in [3.63, 3.8) is 0 Å². The Morgan fingerprint density at radius 1 is 0.947 bits per heavy atom. The zero-order valence-electron chi connectivity index (χ0n) is 11.6. The maximum absolute atomic E-state index is 12.1. The van der Waals surface area contributed by atoms with Crippen LogP contribution < -0.4 is 0 Å². The average Bonchev–Trinajstić information content (AvgIpc) is 2.43. The number of ketones is 1. The van der Waals surface area contributed by atoms with Crippen LogP contribution in [-0.2, 0) is 6.42 Å². The van der Waals surface area contributed by atoms with Crippen LogP contribution in [0.5, 0.6) is 0 Å². The first-order valence-electron chi connectivity index (χ1n) is 6.81. The molecular formula is C18H20O. The summed E-state index contributed by atoms with van der Waals surface area (Å²) >= 11 is 0. The first kappa shape index (κ1) is 13.5. The zero-order valence-corrected chi connectivity index (χ0v) is 11.6. The Labute approximate surface area is 115 Å². The molecule has 2 aromatic carbocycles. The van der Waals surface area contributed by atoms with Gasteiger partial charge in [-0.15, -0.1) is 0 Å². The molecule has 0 spiro atoms. The maximum Gasteiger partial charge on any atom is 0.162 e. The lowest BCUT2D eigenvalue weighted by molar-refractivity contribution is 0.0980. The van der Waals surface area contributed by atoms with Crippen LogP contribution in [0, 0.1) is 13.8 Å². The number of aryl methyl sites for hydroxylation is 3. The fourth-order valence-electron chi connectivity index (χ4n) is 2.16. The second-order valence-corrected chi connectivity index (χ2v) is 5.06. The largest absolute Gasteiger partial charge is 0.294 e. The van der Waals surface area contributed by atoms with E-state index in [4.69, 9.17) is 0 Å². The quantitative estimate of drug-likeness (QED) is 0.716. The van der Waals surface area contributed by atoms with E-state index in [1.807, 2.05) is 36.4 Å². The summed E-state index contributed by atoms with van der Waals surface area (Å²) in [6.45, 7) is 4.12. The fourth-order valence-corrected chi connectivity index (χ4v) is 2.16. The molecule has 0 amide bonds. The number of hydrogen-bond donors (Lipinski definition) is 0. The van der Waals surface area contributed by atoms with Gasteiger partial charge in [0.25, 0.3) is 0 Å². The van der Waals surface area contributed by atoms with Gasteiger partial charge in [0.1, 0.15) is 0 Å². The van der Waals surface area contributed by atoms with E-state index in [0.717, 1.165) is 18.4 Å². The minimum atomic E-state index is 0.249.